The standard InChI is InChI=1S/C23H21N3O2S/c1-12-4-5-15(10-13(12)2)18-11-17(14-6-8-16(28-3)9-7-14)19-20(24)21(22(25)27)29-23(19)26-18/h4-11H,24H2,1-3H3,(H2,25,27). The minimum absolute atomic E-state index is 0.333. The number of methoxy groups -OCH3 is 1. The summed E-state index contributed by atoms with van der Waals surface area (Å²) >= 11 is 1.23. The Morgan fingerprint density at radius 2 is 1.69 bits per heavy atom. The van der Waals surface area contributed by atoms with Gasteiger partial charge in [0.2, 0.25) is 0 Å². The summed E-state index contributed by atoms with van der Waals surface area (Å²) in [4.78, 5) is 17.7. The number of benzene rings is 2. The molecule has 2 heterocycles. The lowest BCUT2D eigenvalue weighted by Gasteiger charge is -2.10. The number of carbonyl (C=O) groups is 1. The number of aryl methyl sites for hydroxylation is 2. The number of ether oxygens (including phenoxy) is 1. The van der Waals surface area contributed by atoms with Gasteiger partial charge in [-0.25, -0.2) is 4.98 Å². The van der Waals surface area contributed by atoms with Gasteiger partial charge in [0.15, 0.2) is 0 Å². The molecule has 0 aliphatic heterocycles. The zero-order valence-corrected chi connectivity index (χ0v) is 17.3. The SMILES string of the molecule is COc1ccc(-c2cc(-c3ccc(C)c(C)c3)nc3sc(C(N)=O)c(N)c23)cc1. The number of nitrogens with two attached hydrogens (primary N) is 2. The Balaban J connectivity index is 2.01. The highest BCUT2D eigenvalue weighted by Gasteiger charge is 2.20. The summed E-state index contributed by atoms with van der Waals surface area (Å²) < 4.78 is 5.27. The normalized spacial score (nSPS) is 11.0. The first-order chi connectivity index (χ1) is 13.9. The van der Waals surface area contributed by atoms with Crippen LogP contribution in [0.5, 0.6) is 5.75 Å². The summed E-state index contributed by atoms with van der Waals surface area (Å²) in [5, 5.41) is 0.751. The summed E-state index contributed by atoms with van der Waals surface area (Å²) in [6.07, 6.45) is 0. The smallest absolute Gasteiger partial charge is 0.260 e. The molecule has 29 heavy (non-hydrogen) atoms. The van der Waals surface area contributed by atoms with E-state index in [2.05, 4.69) is 32.0 Å². The van der Waals surface area contributed by atoms with E-state index in [1.165, 1.54) is 22.5 Å². The van der Waals surface area contributed by atoms with E-state index in [4.69, 9.17) is 21.2 Å². The fourth-order valence-corrected chi connectivity index (χ4v) is 4.32. The Morgan fingerprint density at radius 3 is 2.31 bits per heavy atom. The molecule has 4 rings (SSSR count). The number of carbonyl (C=O) groups excluding carboxylic acids is 1. The fourth-order valence-electron chi connectivity index (χ4n) is 3.35. The van der Waals surface area contributed by atoms with Gasteiger partial charge < -0.3 is 16.2 Å². The number of rotatable bonds is 4. The van der Waals surface area contributed by atoms with E-state index in [0.29, 0.717) is 15.4 Å². The van der Waals surface area contributed by atoms with Crippen molar-refractivity contribution in [1.29, 1.82) is 0 Å². The summed E-state index contributed by atoms with van der Waals surface area (Å²) in [6, 6.07) is 16.0. The zero-order valence-electron chi connectivity index (χ0n) is 16.4. The van der Waals surface area contributed by atoms with Crippen LogP contribution in [0.2, 0.25) is 0 Å². The van der Waals surface area contributed by atoms with Crippen molar-refractivity contribution in [2.75, 3.05) is 12.8 Å². The first kappa shape index (κ1) is 19.0. The molecule has 0 saturated carbocycles. The van der Waals surface area contributed by atoms with Gasteiger partial charge in [-0.3, -0.25) is 4.79 Å². The molecule has 0 saturated heterocycles. The van der Waals surface area contributed by atoms with E-state index in [1.54, 1.807) is 7.11 Å². The number of nitrogen functional groups attached to an aromatic ring is 1. The number of amides is 1. The predicted molar refractivity (Wildman–Crippen MR) is 119 cm³/mol. The number of aromatic nitrogens is 1. The highest BCUT2D eigenvalue weighted by Crippen LogP contribution is 2.41. The van der Waals surface area contributed by atoms with Crippen molar-refractivity contribution in [2.24, 2.45) is 5.73 Å². The minimum atomic E-state index is -0.543. The molecule has 0 unspecified atom stereocenters. The lowest BCUT2D eigenvalue weighted by atomic mass is 9.98. The van der Waals surface area contributed by atoms with Crippen LogP contribution in [0.15, 0.2) is 48.5 Å². The van der Waals surface area contributed by atoms with Crippen LogP contribution in [0.25, 0.3) is 32.6 Å². The number of anilines is 1. The van der Waals surface area contributed by atoms with Crippen LogP contribution in [0, 0.1) is 13.8 Å². The maximum absolute atomic E-state index is 11.9. The van der Waals surface area contributed by atoms with Gasteiger partial charge in [0.05, 0.1) is 18.5 Å². The topological polar surface area (TPSA) is 91.2 Å². The molecule has 4 aromatic rings. The van der Waals surface area contributed by atoms with Crippen LogP contribution in [-0.4, -0.2) is 18.0 Å². The van der Waals surface area contributed by atoms with E-state index in [-0.39, 0.29) is 0 Å². The van der Waals surface area contributed by atoms with Crippen molar-refractivity contribution in [3.05, 3.63) is 64.5 Å². The van der Waals surface area contributed by atoms with Crippen LogP contribution >= 0.6 is 11.3 Å². The van der Waals surface area contributed by atoms with Gasteiger partial charge in [-0.15, -0.1) is 11.3 Å². The number of primary amides is 1. The van der Waals surface area contributed by atoms with Crippen molar-refractivity contribution in [3.8, 4) is 28.1 Å². The molecule has 4 N–H and O–H groups in total. The van der Waals surface area contributed by atoms with Crippen LogP contribution in [0.3, 0.4) is 0 Å². The van der Waals surface area contributed by atoms with E-state index in [9.17, 15) is 4.79 Å². The van der Waals surface area contributed by atoms with E-state index in [1.807, 2.05) is 30.3 Å². The second-order valence-electron chi connectivity index (χ2n) is 6.97. The highest BCUT2D eigenvalue weighted by atomic mass is 32.1. The molecule has 1 amide bonds. The molecule has 0 atom stereocenters. The zero-order chi connectivity index (χ0) is 20.7. The fraction of sp³-hybridized carbons (Fsp3) is 0.130. The summed E-state index contributed by atoms with van der Waals surface area (Å²) in [6.45, 7) is 4.16. The van der Waals surface area contributed by atoms with Gasteiger partial charge in [-0.05, 0) is 60.4 Å². The molecule has 0 bridgehead atoms. The van der Waals surface area contributed by atoms with E-state index in [0.717, 1.165) is 33.5 Å². The van der Waals surface area contributed by atoms with Crippen molar-refractivity contribution in [2.45, 2.75) is 13.8 Å². The molecular weight excluding hydrogens is 382 g/mol. The van der Waals surface area contributed by atoms with Crippen molar-refractivity contribution < 1.29 is 9.53 Å². The van der Waals surface area contributed by atoms with Gasteiger partial charge in [0.1, 0.15) is 15.5 Å². The Kier molecular flexibility index (Phi) is 4.72. The third kappa shape index (κ3) is 3.32. The van der Waals surface area contributed by atoms with Gasteiger partial charge in [-0.2, -0.15) is 0 Å². The van der Waals surface area contributed by atoms with Crippen LogP contribution in [0.1, 0.15) is 20.8 Å². The largest absolute Gasteiger partial charge is 0.497 e. The van der Waals surface area contributed by atoms with Crippen LogP contribution < -0.4 is 16.2 Å². The van der Waals surface area contributed by atoms with Gasteiger partial charge in [0, 0.05) is 10.9 Å². The lowest BCUT2D eigenvalue weighted by Crippen LogP contribution is -2.10. The van der Waals surface area contributed by atoms with E-state index >= 15 is 0 Å². The molecule has 146 valence electrons. The molecule has 0 radical (unpaired) electrons. The second kappa shape index (κ2) is 7.22. The summed E-state index contributed by atoms with van der Waals surface area (Å²) in [7, 11) is 1.63. The van der Waals surface area contributed by atoms with Crippen molar-refractivity contribution in [1.82, 2.24) is 4.98 Å². The van der Waals surface area contributed by atoms with Crippen LogP contribution in [-0.2, 0) is 0 Å². The van der Waals surface area contributed by atoms with Crippen LogP contribution in [0.4, 0.5) is 5.69 Å². The molecule has 0 aliphatic carbocycles. The number of nitrogens with zero attached hydrogens (tertiary/aromatic N) is 1. The maximum atomic E-state index is 11.9. The van der Waals surface area contributed by atoms with Gasteiger partial charge >= 0.3 is 0 Å². The van der Waals surface area contributed by atoms with Gasteiger partial charge in [0.25, 0.3) is 5.91 Å². The summed E-state index contributed by atoms with van der Waals surface area (Å²) in [5.41, 5.74) is 18.3. The monoisotopic (exact) mass is 403 g/mol. The predicted octanol–water partition coefficient (Wildman–Crippen LogP) is 4.94. The van der Waals surface area contributed by atoms with Crippen molar-refractivity contribution in [3.63, 3.8) is 0 Å². The molecule has 5 nitrogen and oxygen atoms in total. The number of pyridine rings is 1. The average molecular weight is 404 g/mol. The van der Waals surface area contributed by atoms with Crippen molar-refractivity contribution >= 4 is 33.1 Å². The van der Waals surface area contributed by atoms with Gasteiger partial charge in [-0.1, -0.05) is 24.3 Å². The molecule has 2 aromatic heterocycles. The quantitative estimate of drug-likeness (QED) is 0.505. The summed E-state index contributed by atoms with van der Waals surface area (Å²) in [5.74, 6) is 0.225. The first-order valence-electron chi connectivity index (χ1n) is 9.14. The third-order valence-corrected chi connectivity index (χ3v) is 6.24. The number of fused-ring (bicyclic) bond motifs is 1. The number of hydrogen-bond donors (Lipinski definition) is 2. The lowest BCUT2D eigenvalue weighted by molar-refractivity contribution is 0.100. The highest BCUT2D eigenvalue weighted by molar-refractivity contribution is 7.21. The molecule has 0 aliphatic rings. The maximum Gasteiger partial charge on any atom is 0.260 e. The minimum Gasteiger partial charge on any atom is -0.497 e. The first-order valence-corrected chi connectivity index (χ1v) is 9.95. The Morgan fingerprint density at radius 1 is 1.00 bits per heavy atom. The Labute approximate surface area is 173 Å². The molecule has 0 fully saturated rings. The third-order valence-electron chi connectivity index (χ3n) is 5.13. The number of thiophene rings is 1. The second-order valence-corrected chi connectivity index (χ2v) is 7.97. The number of hydrogen-bond acceptors (Lipinski definition) is 5. The average Bonchev–Trinajstić information content (AvgIpc) is 3.06. The Hall–Kier alpha value is -3.38. The molecular formula is C23H21N3O2S. The Bertz CT molecular complexity index is 1240. The van der Waals surface area contributed by atoms with E-state index < -0.39 is 5.91 Å². The molecule has 2 aromatic carbocycles. The molecule has 0 spiro atoms. The molecule has 6 heteroatoms.